The first-order chi connectivity index (χ1) is 10.4. The van der Waals surface area contributed by atoms with Gasteiger partial charge in [0.05, 0.1) is 10.4 Å². The standard InChI is InChI=1S/C14H14BrNO4S2/c15-12-5-6-13(21-12)22(18,19)16-9-14(17)7-8-20-11-4-2-1-3-10(11)14/h1-6,16-17H,7-9H2/t14-/m0/s1. The minimum Gasteiger partial charge on any atom is -0.493 e. The molecule has 2 aromatic rings. The van der Waals surface area contributed by atoms with Crippen molar-refractivity contribution in [1.82, 2.24) is 4.72 Å². The Morgan fingerprint density at radius 1 is 1.32 bits per heavy atom. The van der Waals surface area contributed by atoms with Crippen molar-refractivity contribution in [2.75, 3.05) is 13.2 Å². The van der Waals surface area contributed by atoms with Crippen molar-refractivity contribution < 1.29 is 18.3 Å². The van der Waals surface area contributed by atoms with Crippen molar-refractivity contribution in [3.05, 3.63) is 45.7 Å². The average molecular weight is 404 g/mol. The number of thiophene rings is 1. The van der Waals surface area contributed by atoms with E-state index in [1.807, 2.05) is 6.07 Å². The maximum absolute atomic E-state index is 12.3. The van der Waals surface area contributed by atoms with E-state index in [9.17, 15) is 13.5 Å². The predicted molar refractivity (Wildman–Crippen MR) is 87.7 cm³/mol. The van der Waals surface area contributed by atoms with Gasteiger partial charge < -0.3 is 9.84 Å². The summed E-state index contributed by atoms with van der Waals surface area (Å²) in [6, 6.07) is 10.3. The third kappa shape index (κ3) is 3.07. The zero-order chi connectivity index (χ0) is 15.8. The van der Waals surface area contributed by atoms with Gasteiger partial charge in [0.15, 0.2) is 0 Å². The number of halogens is 1. The van der Waals surface area contributed by atoms with Crippen molar-refractivity contribution in [1.29, 1.82) is 0 Å². The molecule has 1 aromatic heterocycles. The molecule has 0 radical (unpaired) electrons. The van der Waals surface area contributed by atoms with Crippen LogP contribution < -0.4 is 9.46 Å². The molecule has 22 heavy (non-hydrogen) atoms. The molecule has 118 valence electrons. The summed E-state index contributed by atoms with van der Waals surface area (Å²) in [7, 11) is -3.64. The maximum atomic E-state index is 12.3. The lowest BCUT2D eigenvalue weighted by atomic mass is 9.88. The van der Waals surface area contributed by atoms with Crippen molar-refractivity contribution in [2.24, 2.45) is 0 Å². The third-order valence-corrected chi connectivity index (χ3v) is 7.05. The number of rotatable bonds is 4. The third-order valence-electron chi connectivity index (χ3n) is 3.53. The number of hydrogen-bond donors (Lipinski definition) is 2. The van der Waals surface area contributed by atoms with Crippen LogP contribution in [-0.4, -0.2) is 26.7 Å². The second-order valence-electron chi connectivity index (χ2n) is 5.01. The normalized spacial score (nSPS) is 21.2. The van der Waals surface area contributed by atoms with E-state index < -0.39 is 15.6 Å². The van der Waals surface area contributed by atoms with E-state index in [2.05, 4.69) is 20.7 Å². The summed E-state index contributed by atoms with van der Waals surface area (Å²) in [6.07, 6.45) is 0.334. The van der Waals surface area contributed by atoms with Gasteiger partial charge in [0, 0.05) is 18.5 Å². The highest BCUT2D eigenvalue weighted by atomic mass is 79.9. The van der Waals surface area contributed by atoms with Crippen LogP contribution in [0, 0.1) is 0 Å². The Labute approximate surface area is 141 Å². The van der Waals surface area contributed by atoms with Crippen LogP contribution in [0.2, 0.25) is 0 Å². The molecule has 0 amide bonds. The van der Waals surface area contributed by atoms with Gasteiger partial charge in [-0.05, 0) is 34.1 Å². The first kappa shape index (κ1) is 15.9. The number of fused-ring (bicyclic) bond motifs is 1. The highest BCUT2D eigenvalue weighted by molar-refractivity contribution is 9.11. The molecule has 0 fully saturated rings. The van der Waals surface area contributed by atoms with Gasteiger partial charge in [-0.25, -0.2) is 13.1 Å². The van der Waals surface area contributed by atoms with Crippen molar-refractivity contribution in [2.45, 2.75) is 16.2 Å². The van der Waals surface area contributed by atoms with Crippen LogP contribution in [0.5, 0.6) is 5.75 Å². The van der Waals surface area contributed by atoms with Gasteiger partial charge in [-0.2, -0.15) is 0 Å². The fraction of sp³-hybridized carbons (Fsp3) is 0.286. The van der Waals surface area contributed by atoms with E-state index in [1.165, 1.54) is 6.07 Å². The van der Waals surface area contributed by atoms with Crippen LogP contribution in [-0.2, 0) is 15.6 Å². The van der Waals surface area contributed by atoms with Gasteiger partial charge in [0.25, 0.3) is 0 Å². The molecule has 3 rings (SSSR count). The minimum absolute atomic E-state index is 0.0920. The SMILES string of the molecule is O=S(=O)(NC[C@@]1(O)CCOc2ccccc21)c1ccc(Br)s1. The van der Waals surface area contributed by atoms with E-state index in [-0.39, 0.29) is 10.8 Å². The highest BCUT2D eigenvalue weighted by Crippen LogP contribution is 2.36. The topological polar surface area (TPSA) is 75.6 Å². The molecule has 8 heteroatoms. The van der Waals surface area contributed by atoms with Crippen molar-refractivity contribution >= 4 is 37.3 Å². The van der Waals surface area contributed by atoms with Crippen molar-refractivity contribution in [3.63, 3.8) is 0 Å². The molecule has 0 bridgehead atoms. The number of hydrogen-bond acceptors (Lipinski definition) is 5. The largest absolute Gasteiger partial charge is 0.493 e. The Hall–Kier alpha value is -0.930. The quantitative estimate of drug-likeness (QED) is 0.821. The maximum Gasteiger partial charge on any atom is 0.250 e. The van der Waals surface area contributed by atoms with Gasteiger partial charge in [0.2, 0.25) is 10.0 Å². The second kappa shape index (κ2) is 5.93. The number of aliphatic hydroxyl groups is 1. The molecule has 5 nitrogen and oxygen atoms in total. The Balaban J connectivity index is 1.82. The van der Waals surface area contributed by atoms with E-state index in [0.29, 0.717) is 24.3 Å². The molecular weight excluding hydrogens is 390 g/mol. The Morgan fingerprint density at radius 3 is 2.82 bits per heavy atom. The van der Waals surface area contributed by atoms with Gasteiger partial charge in [-0.3, -0.25) is 0 Å². The van der Waals surface area contributed by atoms with Crippen LogP contribution in [0.3, 0.4) is 0 Å². The monoisotopic (exact) mass is 403 g/mol. The molecule has 0 unspecified atom stereocenters. The molecule has 1 aliphatic heterocycles. The summed E-state index contributed by atoms with van der Waals surface area (Å²) >= 11 is 4.37. The summed E-state index contributed by atoms with van der Waals surface area (Å²) in [5, 5.41) is 10.8. The molecule has 0 aliphatic carbocycles. The smallest absolute Gasteiger partial charge is 0.250 e. The zero-order valence-corrected chi connectivity index (χ0v) is 14.7. The first-order valence-electron chi connectivity index (χ1n) is 6.60. The number of ether oxygens (including phenoxy) is 1. The Morgan fingerprint density at radius 2 is 2.09 bits per heavy atom. The number of nitrogens with one attached hydrogen (secondary N) is 1. The Bertz CT molecular complexity index is 790. The summed E-state index contributed by atoms with van der Waals surface area (Å²) < 4.78 is 33.5. The van der Waals surface area contributed by atoms with Crippen LogP contribution in [0.4, 0.5) is 0 Å². The van der Waals surface area contributed by atoms with E-state index >= 15 is 0 Å². The number of benzene rings is 1. The van der Waals surface area contributed by atoms with Gasteiger partial charge >= 0.3 is 0 Å². The molecule has 0 saturated heterocycles. The highest BCUT2D eigenvalue weighted by Gasteiger charge is 2.36. The van der Waals surface area contributed by atoms with Gasteiger partial charge in [-0.1, -0.05) is 18.2 Å². The number of para-hydroxylation sites is 1. The molecule has 1 aromatic carbocycles. The zero-order valence-electron chi connectivity index (χ0n) is 11.5. The average Bonchev–Trinajstić information content (AvgIpc) is 2.94. The summed E-state index contributed by atoms with van der Waals surface area (Å²) in [6.45, 7) is 0.255. The van der Waals surface area contributed by atoms with E-state index in [0.717, 1.165) is 15.1 Å². The fourth-order valence-corrected chi connectivity index (χ4v) is 5.50. The van der Waals surface area contributed by atoms with Gasteiger partial charge in [-0.15, -0.1) is 11.3 Å². The lowest BCUT2D eigenvalue weighted by Crippen LogP contribution is -2.43. The molecular formula is C14H14BrNO4S2. The molecule has 0 spiro atoms. The van der Waals surface area contributed by atoms with E-state index in [4.69, 9.17) is 4.74 Å². The molecule has 0 saturated carbocycles. The number of sulfonamides is 1. The van der Waals surface area contributed by atoms with Crippen LogP contribution >= 0.6 is 27.3 Å². The molecule has 2 heterocycles. The van der Waals surface area contributed by atoms with Crippen molar-refractivity contribution in [3.8, 4) is 5.75 Å². The summed E-state index contributed by atoms with van der Waals surface area (Å²) in [5.74, 6) is 0.592. The minimum atomic E-state index is -3.64. The second-order valence-corrected chi connectivity index (χ2v) is 9.47. The van der Waals surface area contributed by atoms with Crippen LogP contribution in [0.15, 0.2) is 44.4 Å². The van der Waals surface area contributed by atoms with Crippen LogP contribution in [0.1, 0.15) is 12.0 Å². The molecule has 2 N–H and O–H groups in total. The van der Waals surface area contributed by atoms with Crippen LogP contribution in [0.25, 0.3) is 0 Å². The Kier molecular flexibility index (Phi) is 4.30. The fourth-order valence-electron chi connectivity index (χ4n) is 2.35. The predicted octanol–water partition coefficient (Wildman–Crippen LogP) is 2.46. The van der Waals surface area contributed by atoms with E-state index in [1.54, 1.807) is 24.3 Å². The molecule has 1 atom stereocenters. The summed E-state index contributed by atoms with van der Waals surface area (Å²) in [5.41, 5.74) is -0.660. The molecule has 1 aliphatic rings. The lowest BCUT2D eigenvalue weighted by molar-refractivity contribution is 0.00220. The lowest BCUT2D eigenvalue weighted by Gasteiger charge is -2.34. The summed E-state index contributed by atoms with van der Waals surface area (Å²) in [4.78, 5) is 0. The van der Waals surface area contributed by atoms with Gasteiger partial charge in [0.1, 0.15) is 15.6 Å². The first-order valence-corrected chi connectivity index (χ1v) is 9.70.